The number of sulfonamides is 1. The van der Waals surface area contributed by atoms with Crippen molar-refractivity contribution in [2.24, 2.45) is 5.92 Å². The number of piperidine rings is 1. The minimum absolute atomic E-state index is 0.120. The molecule has 2 heterocycles. The normalized spacial score (nSPS) is 17.8. The Balaban J connectivity index is 1.39. The Morgan fingerprint density at radius 2 is 1.73 bits per heavy atom. The highest BCUT2D eigenvalue weighted by molar-refractivity contribution is 7.92. The summed E-state index contributed by atoms with van der Waals surface area (Å²) < 4.78 is 38.9. The molecule has 2 saturated heterocycles. The smallest absolute Gasteiger partial charge is 0.273 e. The Morgan fingerprint density at radius 3 is 2.33 bits per heavy atom. The second-order valence-corrected chi connectivity index (χ2v) is 9.81. The van der Waals surface area contributed by atoms with E-state index in [1.165, 1.54) is 31.2 Å². The van der Waals surface area contributed by atoms with E-state index in [0.717, 1.165) is 18.9 Å². The molecule has 4 rings (SSSR count). The lowest BCUT2D eigenvalue weighted by Crippen LogP contribution is -2.41. The molecule has 33 heavy (non-hydrogen) atoms. The lowest BCUT2D eigenvalue weighted by atomic mass is 9.95. The van der Waals surface area contributed by atoms with Gasteiger partial charge in [0.15, 0.2) is 6.29 Å². The van der Waals surface area contributed by atoms with Gasteiger partial charge < -0.3 is 14.4 Å². The summed E-state index contributed by atoms with van der Waals surface area (Å²) in [6.45, 7) is 3.97. The van der Waals surface area contributed by atoms with E-state index in [-0.39, 0.29) is 34.4 Å². The summed E-state index contributed by atoms with van der Waals surface area (Å²) in [5.41, 5.74) is 0.808. The molecule has 2 aromatic carbocycles. The number of rotatable bonds is 6. The summed E-state index contributed by atoms with van der Waals surface area (Å²) in [6, 6.07) is 9.86. The zero-order chi connectivity index (χ0) is 23.6. The van der Waals surface area contributed by atoms with Gasteiger partial charge in [0, 0.05) is 41.9 Å². The Morgan fingerprint density at radius 1 is 1.09 bits per heavy atom. The predicted molar refractivity (Wildman–Crippen MR) is 119 cm³/mol. The Hall–Kier alpha value is -3.02. The highest BCUT2D eigenvalue weighted by Crippen LogP contribution is 2.27. The van der Waals surface area contributed by atoms with Gasteiger partial charge in [0.1, 0.15) is 0 Å². The van der Waals surface area contributed by atoms with E-state index in [9.17, 15) is 23.3 Å². The van der Waals surface area contributed by atoms with Crippen molar-refractivity contribution in [3.8, 4) is 0 Å². The van der Waals surface area contributed by atoms with Gasteiger partial charge in [-0.15, -0.1) is 0 Å². The fourth-order valence-corrected chi connectivity index (χ4v) is 5.13. The maximum absolute atomic E-state index is 12.8. The summed E-state index contributed by atoms with van der Waals surface area (Å²) in [5.74, 6) is 0.163. The van der Waals surface area contributed by atoms with Crippen LogP contribution in [0.2, 0.25) is 0 Å². The Kier molecular flexibility index (Phi) is 6.63. The summed E-state index contributed by atoms with van der Waals surface area (Å²) in [5, 5.41) is 11.1. The fourth-order valence-electron chi connectivity index (χ4n) is 4.05. The fraction of sp³-hybridized carbons (Fsp3) is 0.409. The molecule has 10 nitrogen and oxygen atoms in total. The van der Waals surface area contributed by atoms with E-state index in [1.54, 1.807) is 17.0 Å². The van der Waals surface area contributed by atoms with E-state index < -0.39 is 14.9 Å². The summed E-state index contributed by atoms with van der Waals surface area (Å²) in [4.78, 5) is 24.9. The molecule has 0 bridgehead atoms. The van der Waals surface area contributed by atoms with Gasteiger partial charge in [-0.1, -0.05) is 6.07 Å². The van der Waals surface area contributed by atoms with E-state index in [1.807, 2.05) is 0 Å². The number of anilines is 1. The van der Waals surface area contributed by atoms with E-state index in [2.05, 4.69) is 4.72 Å². The van der Waals surface area contributed by atoms with Crippen LogP contribution in [-0.2, 0) is 19.5 Å². The van der Waals surface area contributed by atoms with Crippen molar-refractivity contribution in [1.82, 2.24) is 4.90 Å². The molecule has 176 valence electrons. The van der Waals surface area contributed by atoms with Crippen LogP contribution in [0.25, 0.3) is 0 Å². The molecule has 2 aromatic rings. The quantitative estimate of drug-likeness (QED) is 0.502. The van der Waals surface area contributed by atoms with Gasteiger partial charge in [-0.3, -0.25) is 19.6 Å². The second-order valence-electron chi connectivity index (χ2n) is 8.13. The molecule has 2 aliphatic heterocycles. The second kappa shape index (κ2) is 9.46. The number of likely N-dealkylation sites (tertiary alicyclic amines) is 1. The van der Waals surface area contributed by atoms with Gasteiger partial charge in [0.25, 0.3) is 21.6 Å². The maximum atomic E-state index is 12.8. The first kappa shape index (κ1) is 23.1. The number of nitro benzene ring substituents is 1. The van der Waals surface area contributed by atoms with E-state index >= 15 is 0 Å². The van der Waals surface area contributed by atoms with Gasteiger partial charge in [-0.05, 0) is 50.1 Å². The lowest BCUT2D eigenvalue weighted by molar-refractivity contribution is -0.385. The van der Waals surface area contributed by atoms with Crippen molar-refractivity contribution in [2.45, 2.75) is 31.0 Å². The van der Waals surface area contributed by atoms with Crippen LogP contribution in [0.15, 0.2) is 47.4 Å². The molecule has 0 saturated carbocycles. The van der Waals surface area contributed by atoms with E-state index in [4.69, 9.17) is 9.47 Å². The number of carbonyl (C=O) groups is 1. The molecule has 1 N–H and O–H groups in total. The lowest BCUT2D eigenvalue weighted by Gasteiger charge is -2.33. The zero-order valence-corrected chi connectivity index (χ0v) is 18.9. The molecule has 0 aromatic heterocycles. The van der Waals surface area contributed by atoms with Gasteiger partial charge >= 0.3 is 0 Å². The number of nitrogens with zero attached hydrogens (tertiary/aromatic N) is 2. The van der Waals surface area contributed by atoms with Crippen molar-refractivity contribution in [3.05, 3.63) is 63.7 Å². The minimum Gasteiger partial charge on any atom is -0.350 e. The molecule has 0 atom stereocenters. The van der Waals surface area contributed by atoms with Crippen LogP contribution in [0, 0.1) is 23.0 Å². The van der Waals surface area contributed by atoms with Crippen LogP contribution >= 0.6 is 0 Å². The molecule has 0 spiro atoms. The first-order chi connectivity index (χ1) is 15.7. The van der Waals surface area contributed by atoms with Crippen molar-refractivity contribution >= 4 is 27.3 Å². The number of hydrogen-bond donors (Lipinski definition) is 1. The molecule has 0 radical (unpaired) electrons. The van der Waals surface area contributed by atoms with Crippen LogP contribution in [0.5, 0.6) is 0 Å². The summed E-state index contributed by atoms with van der Waals surface area (Å²) in [6.07, 6.45) is 1.43. The van der Waals surface area contributed by atoms with Gasteiger partial charge in [0.05, 0.1) is 23.0 Å². The zero-order valence-electron chi connectivity index (χ0n) is 18.1. The molecular formula is C22H25N3O7S. The highest BCUT2D eigenvalue weighted by atomic mass is 32.2. The first-order valence-electron chi connectivity index (χ1n) is 10.6. The monoisotopic (exact) mass is 475 g/mol. The van der Waals surface area contributed by atoms with Crippen LogP contribution in [-0.4, -0.2) is 56.7 Å². The number of nitrogens with one attached hydrogen (secondary N) is 1. The van der Waals surface area contributed by atoms with Crippen molar-refractivity contribution in [1.29, 1.82) is 0 Å². The SMILES string of the molecule is Cc1ccc(S(=O)(=O)Nc2ccc(C(=O)N3CCC(C4OCCO4)CC3)cc2)cc1[N+](=O)[O-]. The maximum Gasteiger partial charge on any atom is 0.273 e. The molecule has 2 aliphatic rings. The number of carbonyl (C=O) groups excluding carboxylic acids is 1. The number of ether oxygens (including phenoxy) is 2. The molecule has 0 unspecified atom stereocenters. The van der Waals surface area contributed by atoms with Crippen molar-refractivity contribution in [3.63, 3.8) is 0 Å². The topological polar surface area (TPSA) is 128 Å². The number of nitro groups is 1. The van der Waals surface area contributed by atoms with Gasteiger partial charge in [-0.25, -0.2) is 8.42 Å². The third-order valence-corrected chi connectivity index (χ3v) is 7.31. The molecular weight excluding hydrogens is 450 g/mol. The third-order valence-electron chi connectivity index (χ3n) is 5.93. The Bertz CT molecular complexity index is 1140. The first-order valence-corrected chi connectivity index (χ1v) is 12.1. The van der Waals surface area contributed by atoms with Crippen LogP contribution in [0.1, 0.15) is 28.8 Å². The average molecular weight is 476 g/mol. The molecule has 11 heteroatoms. The number of hydrogen-bond acceptors (Lipinski definition) is 7. The van der Waals surface area contributed by atoms with E-state index in [0.29, 0.717) is 37.4 Å². The molecule has 2 fully saturated rings. The van der Waals surface area contributed by atoms with Gasteiger partial charge in [-0.2, -0.15) is 0 Å². The van der Waals surface area contributed by atoms with Crippen LogP contribution < -0.4 is 4.72 Å². The molecule has 1 amide bonds. The number of amides is 1. The van der Waals surface area contributed by atoms with Crippen molar-refractivity contribution < 1.29 is 27.6 Å². The molecule has 0 aliphatic carbocycles. The largest absolute Gasteiger partial charge is 0.350 e. The standard InChI is InChI=1S/C22H25N3O7S/c1-15-2-7-19(14-20(15)25(27)28)33(29,30)23-18-5-3-16(4-6-18)21(26)24-10-8-17(9-11-24)22-31-12-13-32-22/h2-7,14,17,22-23H,8-13H2,1H3. The van der Waals surface area contributed by atoms with Gasteiger partial charge in [0.2, 0.25) is 0 Å². The summed E-state index contributed by atoms with van der Waals surface area (Å²) in [7, 11) is -4.03. The van der Waals surface area contributed by atoms with Crippen molar-refractivity contribution in [2.75, 3.05) is 31.0 Å². The number of benzene rings is 2. The average Bonchev–Trinajstić information content (AvgIpc) is 3.34. The highest BCUT2D eigenvalue weighted by Gasteiger charge is 2.32. The minimum atomic E-state index is -4.03. The summed E-state index contributed by atoms with van der Waals surface area (Å²) >= 11 is 0. The number of aryl methyl sites for hydroxylation is 1. The van der Waals surface area contributed by atoms with Crippen LogP contribution in [0.3, 0.4) is 0 Å². The third kappa shape index (κ3) is 5.15. The Labute approximate surface area is 191 Å². The van der Waals surface area contributed by atoms with Crippen LogP contribution in [0.4, 0.5) is 11.4 Å². The predicted octanol–water partition coefficient (Wildman–Crippen LogP) is 2.93.